The van der Waals surface area contributed by atoms with Gasteiger partial charge in [0.25, 0.3) is 0 Å². The molecule has 0 fully saturated rings. The summed E-state index contributed by atoms with van der Waals surface area (Å²) in [6.07, 6.45) is -0.705. The van der Waals surface area contributed by atoms with Gasteiger partial charge in [-0.1, -0.05) is 18.2 Å². The normalized spacial score (nSPS) is 12.9. The van der Waals surface area contributed by atoms with Crippen LogP contribution in [0.4, 0.5) is 0 Å². The topological polar surface area (TPSA) is 42.4 Å². The monoisotopic (exact) mass is 281 g/mol. The fraction of sp³-hybridized carbons (Fsp3) is 0.250. The summed E-state index contributed by atoms with van der Waals surface area (Å²) in [6.45, 7) is 0.240. The molecular weight excluding hydrogens is 270 g/mol. The molecule has 0 saturated heterocycles. The van der Waals surface area contributed by atoms with Crippen molar-refractivity contribution in [1.29, 1.82) is 0 Å². The van der Waals surface area contributed by atoms with Crippen LogP contribution in [0.2, 0.25) is 0 Å². The van der Waals surface area contributed by atoms with E-state index in [2.05, 4.69) is 20.9 Å². The number of methoxy groups -OCH3 is 1. The molecule has 0 aliphatic heterocycles. The van der Waals surface area contributed by atoms with Crippen molar-refractivity contribution >= 4 is 26.8 Å². The molecular formula is C12H12BrNO2. The Morgan fingerprint density at radius 3 is 2.94 bits per heavy atom. The lowest BCUT2D eigenvalue weighted by atomic mass is 10.1. The highest BCUT2D eigenvalue weighted by molar-refractivity contribution is 9.10. The van der Waals surface area contributed by atoms with Gasteiger partial charge in [0.05, 0.1) is 17.8 Å². The minimum Gasteiger partial charge on any atom is -0.384 e. The second kappa shape index (κ2) is 4.91. The highest BCUT2D eigenvalue weighted by atomic mass is 79.9. The molecule has 3 nitrogen and oxygen atoms in total. The first kappa shape index (κ1) is 11.5. The average molecular weight is 282 g/mol. The number of pyridine rings is 1. The number of fused-ring (bicyclic) bond motifs is 1. The van der Waals surface area contributed by atoms with Gasteiger partial charge in [0.1, 0.15) is 6.10 Å². The van der Waals surface area contributed by atoms with Crippen LogP contribution in [0.3, 0.4) is 0 Å². The van der Waals surface area contributed by atoms with Crippen molar-refractivity contribution in [1.82, 2.24) is 4.98 Å². The van der Waals surface area contributed by atoms with Crippen LogP contribution in [0.15, 0.2) is 34.8 Å². The van der Waals surface area contributed by atoms with Gasteiger partial charge < -0.3 is 9.84 Å². The number of rotatable bonds is 3. The molecule has 1 aromatic heterocycles. The van der Waals surface area contributed by atoms with Gasteiger partial charge in [-0.05, 0) is 28.1 Å². The van der Waals surface area contributed by atoms with E-state index < -0.39 is 6.10 Å². The molecule has 1 N–H and O–H groups in total. The molecule has 2 aromatic rings. The minimum atomic E-state index is -0.705. The van der Waals surface area contributed by atoms with Crippen LogP contribution >= 0.6 is 15.9 Å². The van der Waals surface area contributed by atoms with Crippen LogP contribution in [0, 0.1) is 0 Å². The number of aliphatic hydroxyl groups excluding tert-OH is 1. The molecule has 0 saturated carbocycles. The molecule has 4 heteroatoms. The number of para-hydroxylation sites is 1. The molecule has 0 amide bonds. The molecule has 84 valence electrons. The van der Waals surface area contributed by atoms with Crippen molar-refractivity contribution in [3.63, 3.8) is 0 Å². The SMILES string of the molecule is COCC(O)c1nc2ccccc2cc1Br. The fourth-order valence-electron chi connectivity index (χ4n) is 1.58. The Bertz CT molecular complexity index is 501. The third-order valence-corrected chi connectivity index (χ3v) is 2.98. The Morgan fingerprint density at radius 1 is 1.44 bits per heavy atom. The van der Waals surface area contributed by atoms with E-state index in [9.17, 15) is 5.11 Å². The van der Waals surface area contributed by atoms with E-state index in [0.717, 1.165) is 15.4 Å². The summed E-state index contributed by atoms with van der Waals surface area (Å²) in [7, 11) is 1.55. The predicted octanol–water partition coefficient (Wildman–Crippen LogP) is 2.68. The van der Waals surface area contributed by atoms with Crippen LogP contribution in [0.5, 0.6) is 0 Å². The molecule has 1 aromatic carbocycles. The van der Waals surface area contributed by atoms with Crippen LogP contribution in [0.25, 0.3) is 10.9 Å². The summed E-state index contributed by atoms with van der Waals surface area (Å²) in [5.41, 5.74) is 1.48. The molecule has 1 unspecified atom stereocenters. The molecule has 1 atom stereocenters. The maximum Gasteiger partial charge on any atom is 0.120 e. The van der Waals surface area contributed by atoms with Gasteiger partial charge in [0.2, 0.25) is 0 Å². The fourth-order valence-corrected chi connectivity index (χ4v) is 2.18. The maximum atomic E-state index is 9.84. The van der Waals surface area contributed by atoms with Gasteiger partial charge in [-0.25, -0.2) is 4.98 Å². The zero-order valence-corrected chi connectivity index (χ0v) is 10.4. The lowest BCUT2D eigenvalue weighted by Gasteiger charge is -2.11. The summed E-state index contributed by atoms with van der Waals surface area (Å²) in [5.74, 6) is 0. The van der Waals surface area contributed by atoms with Crippen LogP contribution < -0.4 is 0 Å². The highest BCUT2D eigenvalue weighted by Crippen LogP contribution is 2.25. The van der Waals surface area contributed by atoms with Crippen molar-refractivity contribution in [3.8, 4) is 0 Å². The first-order valence-electron chi connectivity index (χ1n) is 4.94. The third-order valence-electron chi connectivity index (χ3n) is 2.34. The first-order chi connectivity index (χ1) is 7.72. The summed E-state index contributed by atoms with van der Waals surface area (Å²) in [5, 5.41) is 10.9. The molecule has 2 rings (SSSR count). The molecule has 16 heavy (non-hydrogen) atoms. The Labute approximate surface area is 102 Å². The zero-order valence-electron chi connectivity index (χ0n) is 8.85. The van der Waals surface area contributed by atoms with Crippen LogP contribution in [0.1, 0.15) is 11.8 Å². The van der Waals surface area contributed by atoms with Gasteiger partial charge in [-0.15, -0.1) is 0 Å². The summed E-state index contributed by atoms with van der Waals surface area (Å²) in [4.78, 5) is 4.42. The number of hydrogen-bond donors (Lipinski definition) is 1. The molecule has 0 bridgehead atoms. The van der Waals surface area contributed by atoms with E-state index in [-0.39, 0.29) is 6.61 Å². The first-order valence-corrected chi connectivity index (χ1v) is 5.74. The number of ether oxygens (including phenoxy) is 1. The summed E-state index contributed by atoms with van der Waals surface area (Å²) in [6, 6.07) is 9.75. The van der Waals surface area contributed by atoms with Crippen molar-refractivity contribution < 1.29 is 9.84 Å². The predicted molar refractivity (Wildman–Crippen MR) is 66.3 cm³/mol. The van der Waals surface area contributed by atoms with Crippen molar-refractivity contribution in [2.45, 2.75) is 6.10 Å². The van der Waals surface area contributed by atoms with Gasteiger partial charge in [-0.3, -0.25) is 0 Å². The lowest BCUT2D eigenvalue weighted by Crippen LogP contribution is -2.08. The van der Waals surface area contributed by atoms with Crippen molar-refractivity contribution in [2.75, 3.05) is 13.7 Å². The Hall–Kier alpha value is -0.970. The Morgan fingerprint density at radius 2 is 2.19 bits per heavy atom. The third kappa shape index (κ3) is 2.24. The van der Waals surface area contributed by atoms with E-state index in [0.29, 0.717) is 5.69 Å². The van der Waals surface area contributed by atoms with Crippen LogP contribution in [-0.4, -0.2) is 23.8 Å². The summed E-state index contributed by atoms with van der Waals surface area (Å²) >= 11 is 3.41. The quantitative estimate of drug-likeness (QED) is 0.941. The number of aliphatic hydroxyl groups is 1. The number of benzene rings is 1. The maximum absolute atomic E-state index is 9.84. The van der Waals surface area contributed by atoms with Crippen molar-refractivity contribution in [2.24, 2.45) is 0 Å². The zero-order chi connectivity index (χ0) is 11.5. The molecule has 0 radical (unpaired) electrons. The van der Waals surface area contributed by atoms with E-state index in [1.165, 1.54) is 0 Å². The average Bonchev–Trinajstić information content (AvgIpc) is 2.28. The molecule has 0 spiro atoms. The number of aromatic nitrogens is 1. The number of hydrogen-bond acceptors (Lipinski definition) is 3. The molecule has 0 aliphatic carbocycles. The molecule has 0 aliphatic rings. The second-order valence-corrected chi connectivity index (χ2v) is 4.37. The number of halogens is 1. The summed E-state index contributed by atoms with van der Waals surface area (Å²) < 4.78 is 5.72. The molecule has 1 heterocycles. The van der Waals surface area contributed by atoms with Crippen LogP contribution in [-0.2, 0) is 4.74 Å². The minimum absolute atomic E-state index is 0.240. The second-order valence-electron chi connectivity index (χ2n) is 3.52. The Kier molecular flexibility index (Phi) is 3.53. The van der Waals surface area contributed by atoms with E-state index in [1.54, 1.807) is 7.11 Å². The van der Waals surface area contributed by atoms with Crippen molar-refractivity contribution in [3.05, 3.63) is 40.5 Å². The van der Waals surface area contributed by atoms with E-state index in [4.69, 9.17) is 4.74 Å². The van der Waals surface area contributed by atoms with Gasteiger partial charge in [0.15, 0.2) is 0 Å². The van der Waals surface area contributed by atoms with Gasteiger partial charge in [0, 0.05) is 17.0 Å². The standard InChI is InChI=1S/C12H12BrNO2/c1-16-7-11(15)12-9(13)6-8-4-2-3-5-10(8)14-12/h2-6,11,15H,7H2,1H3. The van der Waals surface area contributed by atoms with Gasteiger partial charge >= 0.3 is 0 Å². The lowest BCUT2D eigenvalue weighted by molar-refractivity contribution is 0.0614. The van der Waals surface area contributed by atoms with Gasteiger partial charge in [-0.2, -0.15) is 0 Å². The Balaban J connectivity index is 2.49. The highest BCUT2D eigenvalue weighted by Gasteiger charge is 2.13. The van der Waals surface area contributed by atoms with E-state index in [1.807, 2.05) is 30.3 Å². The van der Waals surface area contributed by atoms with E-state index >= 15 is 0 Å². The smallest absolute Gasteiger partial charge is 0.120 e. The number of nitrogens with zero attached hydrogens (tertiary/aromatic N) is 1. The largest absolute Gasteiger partial charge is 0.384 e.